The van der Waals surface area contributed by atoms with E-state index in [-0.39, 0.29) is 18.6 Å². The zero-order valence-corrected chi connectivity index (χ0v) is 16.6. The number of hydrogen-bond donors (Lipinski definition) is 2. The second-order valence-corrected chi connectivity index (χ2v) is 7.77. The first-order valence-electron chi connectivity index (χ1n) is 7.94. The third-order valence-electron chi connectivity index (χ3n) is 3.18. The van der Waals surface area contributed by atoms with Crippen LogP contribution in [0.2, 0.25) is 10.0 Å². The van der Waals surface area contributed by atoms with Crippen LogP contribution in [0.25, 0.3) is 0 Å². The fourth-order valence-corrected chi connectivity index (χ4v) is 3.53. The predicted octanol–water partition coefficient (Wildman–Crippen LogP) is 3.00. The number of hydrogen-bond acceptors (Lipinski definition) is 3. The van der Waals surface area contributed by atoms with Crippen LogP contribution in [-0.4, -0.2) is 47.1 Å². The molecule has 1 atom stereocenters. The van der Waals surface area contributed by atoms with Crippen molar-refractivity contribution in [2.24, 2.45) is 0 Å². The molecule has 0 aliphatic heterocycles. The summed E-state index contributed by atoms with van der Waals surface area (Å²) >= 11 is 11.8. The van der Waals surface area contributed by atoms with Gasteiger partial charge >= 0.3 is 6.03 Å². The zero-order chi connectivity index (χ0) is 18.8. The molecule has 2 N–H and O–H groups in total. The lowest BCUT2D eigenvalue weighted by molar-refractivity contribution is -0.108. The maximum absolute atomic E-state index is 12.2. The van der Waals surface area contributed by atoms with Gasteiger partial charge in [0.1, 0.15) is 17.3 Å². The Balaban J connectivity index is 2.37. The van der Waals surface area contributed by atoms with Crippen LogP contribution >= 0.6 is 23.2 Å². The minimum Gasteiger partial charge on any atom is -0.336 e. The first-order valence-corrected chi connectivity index (χ1v) is 9.85. The molecule has 0 saturated carbocycles. The lowest BCUT2D eigenvalue weighted by Gasteiger charge is -2.22. The maximum atomic E-state index is 12.2. The van der Waals surface area contributed by atoms with Gasteiger partial charge in [0.05, 0.1) is 16.5 Å². The molecule has 2 amide bonds. The summed E-state index contributed by atoms with van der Waals surface area (Å²) < 4.78 is 15.0. The van der Waals surface area contributed by atoms with Crippen LogP contribution in [-0.2, 0) is 15.8 Å². The highest BCUT2D eigenvalue weighted by molar-refractivity contribution is 7.83. The fourth-order valence-electron chi connectivity index (χ4n) is 2.00. The van der Waals surface area contributed by atoms with Crippen molar-refractivity contribution in [1.82, 2.24) is 14.9 Å². The largest absolute Gasteiger partial charge is 0.336 e. The number of carbonyl (C=O) groups excluding carboxylic acids is 2. The van der Waals surface area contributed by atoms with Gasteiger partial charge in [0.25, 0.3) is 0 Å². The Morgan fingerprint density at radius 1 is 1.32 bits per heavy atom. The Labute approximate surface area is 160 Å². The monoisotopic (exact) mass is 407 g/mol. The number of rotatable bonds is 10. The summed E-state index contributed by atoms with van der Waals surface area (Å²) in [6.45, 7) is 4.72. The normalized spacial score (nSPS) is 12.0. The summed E-state index contributed by atoms with van der Waals surface area (Å²) in [5.74, 6) is 0. The summed E-state index contributed by atoms with van der Waals surface area (Å²) in [5.41, 5.74) is 0. The van der Waals surface area contributed by atoms with Gasteiger partial charge < -0.3 is 15.0 Å². The second kappa shape index (κ2) is 11.5. The summed E-state index contributed by atoms with van der Waals surface area (Å²) in [4.78, 5) is 24.6. The second-order valence-electron chi connectivity index (χ2n) is 5.66. The highest BCUT2D eigenvalue weighted by Crippen LogP contribution is 2.23. The number of urea groups is 1. The van der Waals surface area contributed by atoms with Gasteiger partial charge in [-0.1, -0.05) is 23.2 Å². The highest BCUT2D eigenvalue weighted by atomic mass is 35.5. The van der Waals surface area contributed by atoms with Crippen molar-refractivity contribution in [1.29, 1.82) is 0 Å². The molecular formula is C16H23Cl2N3O3S. The molecule has 0 aliphatic rings. The van der Waals surface area contributed by atoms with Gasteiger partial charge in [0.2, 0.25) is 0 Å². The topological polar surface area (TPSA) is 78.5 Å². The van der Waals surface area contributed by atoms with Crippen molar-refractivity contribution in [3.05, 3.63) is 28.2 Å². The molecule has 1 aromatic carbocycles. The molecule has 0 heterocycles. The van der Waals surface area contributed by atoms with E-state index in [1.807, 2.05) is 13.8 Å². The van der Waals surface area contributed by atoms with E-state index in [9.17, 15) is 13.8 Å². The quantitative estimate of drug-likeness (QED) is 0.462. The van der Waals surface area contributed by atoms with Crippen LogP contribution in [0.1, 0.15) is 26.7 Å². The predicted molar refractivity (Wildman–Crippen MR) is 101 cm³/mol. The molecular weight excluding hydrogens is 385 g/mol. The SMILES string of the molecule is CC(C)NC(=O)N(CC=O)CCCCNS(=O)c1ccc(Cl)cc1Cl. The van der Waals surface area contributed by atoms with Gasteiger partial charge in [0.15, 0.2) is 0 Å². The summed E-state index contributed by atoms with van der Waals surface area (Å²) in [5, 5.41) is 3.59. The van der Waals surface area contributed by atoms with Gasteiger partial charge in [-0.3, -0.25) is 0 Å². The number of benzene rings is 1. The number of halogens is 2. The Kier molecular flexibility index (Phi) is 10.0. The standard InChI is InChI=1S/C16H23Cl2N3O3S/c1-12(2)20-16(23)21(9-10-22)8-4-3-7-19-25(24)15-6-5-13(17)11-14(15)18/h5-6,10-12,19H,3-4,7-9H2,1-2H3,(H,20,23). The zero-order valence-electron chi connectivity index (χ0n) is 14.3. The van der Waals surface area contributed by atoms with Gasteiger partial charge in [-0.2, -0.15) is 0 Å². The van der Waals surface area contributed by atoms with E-state index in [1.165, 1.54) is 4.90 Å². The first-order chi connectivity index (χ1) is 11.8. The average molecular weight is 408 g/mol. The molecule has 0 spiro atoms. The molecule has 1 rings (SSSR count). The van der Waals surface area contributed by atoms with Crippen LogP contribution in [0.5, 0.6) is 0 Å². The van der Waals surface area contributed by atoms with Crippen LogP contribution in [0.15, 0.2) is 23.1 Å². The van der Waals surface area contributed by atoms with E-state index >= 15 is 0 Å². The Morgan fingerprint density at radius 2 is 2.04 bits per heavy atom. The lowest BCUT2D eigenvalue weighted by Crippen LogP contribution is -2.44. The molecule has 0 radical (unpaired) electrons. The van der Waals surface area contributed by atoms with E-state index in [1.54, 1.807) is 18.2 Å². The van der Waals surface area contributed by atoms with E-state index < -0.39 is 11.0 Å². The number of unbranched alkanes of at least 4 members (excludes halogenated alkanes) is 1. The molecule has 1 aromatic rings. The first kappa shape index (κ1) is 21.9. The highest BCUT2D eigenvalue weighted by Gasteiger charge is 2.13. The van der Waals surface area contributed by atoms with Crippen molar-refractivity contribution in [2.45, 2.75) is 37.6 Å². The van der Waals surface area contributed by atoms with Crippen molar-refractivity contribution in [3.63, 3.8) is 0 Å². The van der Waals surface area contributed by atoms with Gasteiger partial charge in [0, 0.05) is 24.2 Å². The summed E-state index contributed by atoms with van der Waals surface area (Å²) in [7, 11) is -1.43. The molecule has 0 aromatic heterocycles. The Bertz CT molecular complexity index is 614. The summed E-state index contributed by atoms with van der Waals surface area (Å²) in [6.07, 6.45) is 2.08. The fraction of sp³-hybridized carbons (Fsp3) is 0.500. The number of nitrogens with zero attached hydrogens (tertiary/aromatic N) is 1. The molecule has 0 fully saturated rings. The third-order valence-corrected chi connectivity index (χ3v) is 5.06. The number of amides is 2. The van der Waals surface area contributed by atoms with Crippen molar-refractivity contribution in [2.75, 3.05) is 19.6 Å². The van der Waals surface area contributed by atoms with Crippen LogP contribution in [0.4, 0.5) is 4.79 Å². The average Bonchev–Trinajstić information content (AvgIpc) is 2.52. The van der Waals surface area contributed by atoms with E-state index in [4.69, 9.17) is 23.2 Å². The molecule has 0 bridgehead atoms. The van der Waals surface area contributed by atoms with Gasteiger partial charge in [-0.05, 0) is 44.9 Å². The Hall–Kier alpha value is -1.15. The molecule has 6 nitrogen and oxygen atoms in total. The molecule has 9 heteroatoms. The minimum absolute atomic E-state index is 0.00913. The number of nitrogens with one attached hydrogen (secondary N) is 2. The molecule has 140 valence electrons. The molecule has 0 aliphatic carbocycles. The van der Waals surface area contributed by atoms with Crippen LogP contribution < -0.4 is 10.0 Å². The van der Waals surface area contributed by atoms with Crippen LogP contribution in [0.3, 0.4) is 0 Å². The van der Waals surface area contributed by atoms with Crippen molar-refractivity contribution < 1.29 is 13.8 Å². The molecule has 1 unspecified atom stereocenters. The van der Waals surface area contributed by atoms with Crippen LogP contribution in [0, 0.1) is 0 Å². The smallest absolute Gasteiger partial charge is 0.317 e. The van der Waals surface area contributed by atoms with Crippen molar-refractivity contribution >= 4 is 46.5 Å². The third kappa shape index (κ3) is 8.18. The van der Waals surface area contributed by atoms with Gasteiger partial charge in [-0.25, -0.2) is 13.7 Å². The Morgan fingerprint density at radius 3 is 2.64 bits per heavy atom. The molecule has 0 saturated heterocycles. The minimum atomic E-state index is -1.43. The number of carbonyl (C=O) groups is 2. The van der Waals surface area contributed by atoms with Gasteiger partial charge in [-0.15, -0.1) is 0 Å². The van der Waals surface area contributed by atoms with E-state index in [2.05, 4.69) is 10.0 Å². The lowest BCUT2D eigenvalue weighted by atomic mass is 10.3. The maximum Gasteiger partial charge on any atom is 0.317 e. The molecule has 25 heavy (non-hydrogen) atoms. The van der Waals surface area contributed by atoms with E-state index in [0.29, 0.717) is 47.2 Å². The van der Waals surface area contributed by atoms with Crippen molar-refractivity contribution in [3.8, 4) is 0 Å². The summed E-state index contributed by atoms with van der Waals surface area (Å²) in [6, 6.07) is 4.55. The van der Waals surface area contributed by atoms with E-state index in [0.717, 1.165) is 0 Å². The number of aldehydes is 1.